The first kappa shape index (κ1) is 11.5. The predicted octanol–water partition coefficient (Wildman–Crippen LogP) is 4.00. The third-order valence-electron chi connectivity index (χ3n) is 4.25. The smallest absolute Gasteiger partial charge is 0.128 e. The Morgan fingerprint density at radius 1 is 1.12 bits per heavy atom. The highest BCUT2D eigenvalue weighted by molar-refractivity contribution is 9.10. The molecule has 92 valence electrons. The zero-order valence-electron chi connectivity index (χ0n) is 10.1. The lowest BCUT2D eigenvalue weighted by Gasteiger charge is -2.44. The van der Waals surface area contributed by atoms with E-state index in [-0.39, 0.29) is 0 Å². The summed E-state index contributed by atoms with van der Waals surface area (Å²) in [4.78, 5) is 7.13. The maximum Gasteiger partial charge on any atom is 0.128 e. The lowest BCUT2D eigenvalue weighted by molar-refractivity contribution is 0.243. The molecule has 0 spiro atoms. The first-order chi connectivity index (χ1) is 8.34. The van der Waals surface area contributed by atoms with Gasteiger partial charge in [0, 0.05) is 23.3 Å². The molecule has 0 bridgehead atoms. The van der Waals surface area contributed by atoms with E-state index in [2.05, 4.69) is 37.9 Å². The summed E-state index contributed by atoms with van der Waals surface area (Å²) in [6.07, 6.45) is 10.3. The highest BCUT2D eigenvalue weighted by Gasteiger charge is 2.33. The van der Waals surface area contributed by atoms with Crippen LogP contribution < -0.4 is 4.90 Å². The van der Waals surface area contributed by atoms with Gasteiger partial charge in [-0.25, -0.2) is 4.98 Å². The van der Waals surface area contributed by atoms with Gasteiger partial charge in [0.15, 0.2) is 0 Å². The van der Waals surface area contributed by atoms with Crippen LogP contribution in [-0.2, 0) is 0 Å². The van der Waals surface area contributed by atoms with Gasteiger partial charge in [0.05, 0.1) is 0 Å². The van der Waals surface area contributed by atoms with Gasteiger partial charge in [-0.15, -0.1) is 0 Å². The second-order valence-electron chi connectivity index (χ2n) is 5.28. The average Bonchev–Trinajstić information content (AvgIpc) is 2.39. The molecule has 2 unspecified atom stereocenters. The molecule has 17 heavy (non-hydrogen) atoms. The van der Waals surface area contributed by atoms with Gasteiger partial charge in [-0.1, -0.05) is 12.8 Å². The Labute approximate surface area is 112 Å². The van der Waals surface area contributed by atoms with Crippen molar-refractivity contribution < 1.29 is 0 Å². The van der Waals surface area contributed by atoms with Gasteiger partial charge in [0.1, 0.15) is 5.82 Å². The molecule has 1 aromatic rings. The summed E-state index contributed by atoms with van der Waals surface area (Å²) in [7, 11) is 0. The Kier molecular flexibility index (Phi) is 3.37. The van der Waals surface area contributed by atoms with Crippen LogP contribution in [0.4, 0.5) is 5.82 Å². The van der Waals surface area contributed by atoms with Crippen LogP contribution in [0, 0.1) is 5.92 Å². The van der Waals surface area contributed by atoms with Crippen molar-refractivity contribution in [2.75, 3.05) is 11.4 Å². The Balaban J connectivity index is 1.83. The number of aromatic nitrogens is 1. The number of hydrogen-bond donors (Lipinski definition) is 0. The van der Waals surface area contributed by atoms with Crippen molar-refractivity contribution in [3.63, 3.8) is 0 Å². The lowest BCUT2D eigenvalue weighted by Crippen LogP contribution is -2.47. The quantitative estimate of drug-likeness (QED) is 0.778. The molecule has 1 aromatic heterocycles. The molecule has 2 fully saturated rings. The summed E-state index contributed by atoms with van der Waals surface area (Å²) in [5, 5.41) is 0. The molecule has 0 aromatic carbocycles. The molecule has 3 heteroatoms. The lowest BCUT2D eigenvalue weighted by atomic mass is 9.78. The molecule has 1 saturated carbocycles. The zero-order chi connectivity index (χ0) is 11.7. The molecule has 0 N–H and O–H groups in total. The second-order valence-corrected chi connectivity index (χ2v) is 6.20. The predicted molar refractivity (Wildman–Crippen MR) is 74.3 cm³/mol. The third-order valence-corrected chi connectivity index (χ3v) is 4.72. The molecule has 2 nitrogen and oxygen atoms in total. The fourth-order valence-corrected chi connectivity index (χ4v) is 3.68. The minimum absolute atomic E-state index is 0.756. The fourth-order valence-electron chi connectivity index (χ4n) is 3.45. The maximum absolute atomic E-state index is 4.57. The van der Waals surface area contributed by atoms with E-state index in [9.17, 15) is 0 Å². The summed E-state index contributed by atoms with van der Waals surface area (Å²) in [6, 6.07) is 5.02. The van der Waals surface area contributed by atoms with E-state index in [1.54, 1.807) is 0 Å². The number of halogens is 1. The minimum atomic E-state index is 0.756. The van der Waals surface area contributed by atoms with Crippen LogP contribution in [0.5, 0.6) is 0 Å². The number of fused-ring (bicyclic) bond motifs is 1. The summed E-state index contributed by atoms with van der Waals surface area (Å²) in [5.74, 6) is 2.09. The van der Waals surface area contributed by atoms with Crippen LogP contribution in [0.2, 0.25) is 0 Å². The Hall–Kier alpha value is -0.570. The third kappa shape index (κ3) is 2.35. The van der Waals surface area contributed by atoms with Crippen LogP contribution in [0.25, 0.3) is 0 Å². The summed E-state index contributed by atoms with van der Waals surface area (Å²) in [6.45, 7) is 1.19. The van der Waals surface area contributed by atoms with Gasteiger partial charge < -0.3 is 4.90 Å². The maximum atomic E-state index is 4.57. The van der Waals surface area contributed by atoms with Crippen LogP contribution in [0.1, 0.15) is 38.5 Å². The second kappa shape index (κ2) is 4.97. The first-order valence-corrected chi connectivity index (χ1v) is 7.52. The van der Waals surface area contributed by atoms with E-state index < -0.39 is 0 Å². The molecule has 1 aliphatic carbocycles. The average molecular weight is 295 g/mol. The van der Waals surface area contributed by atoms with E-state index in [4.69, 9.17) is 0 Å². The van der Waals surface area contributed by atoms with Crippen molar-refractivity contribution in [1.82, 2.24) is 4.98 Å². The zero-order valence-corrected chi connectivity index (χ0v) is 11.7. The van der Waals surface area contributed by atoms with Crippen LogP contribution >= 0.6 is 15.9 Å². The van der Waals surface area contributed by atoms with E-state index in [1.165, 1.54) is 50.9 Å². The van der Waals surface area contributed by atoms with Crippen molar-refractivity contribution in [3.05, 3.63) is 22.8 Å². The molecule has 3 rings (SSSR count). The summed E-state index contributed by atoms with van der Waals surface area (Å²) in [5.41, 5.74) is 0. The highest BCUT2D eigenvalue weighted by atomic mass is 79.9. The van der Waals surface area contributed by atoms with E-state index in [0.29, 0.717) is 0 Å². The van der Waals surface area contributed by atoms with Gasteiger partial charge >= 0.3 is 0 Å². The van der Waals surface area contributed by atoms with Crippen LogP contribution in [-0.4, -0.2) is 17.6 Å². The van der Waals surface area contributed by atoms with E-state index >= 15 is 0 Å². The van der Waals surface area contributed by atoms with Crippen molar-refractivity contribution in [2.24, 2.45) is 5.92 Å². The van der Waals surface area contributed by atoms with Crippen molar-refractivity contribution >= 4 is 21.7 Å². The topological polar surface area (TPSA) is 16.1 Å². The molecule has 0 radical (unpaired) electrons. The van der Waals surface area contributed by atoms with Crippen LogP contribution in [0.15, 0.2) is 22.8 Å². The highest BCUT2D eigenvalue weighted by Crippen LogP contribution is 2.37. The number of nitrogens with zero attached hydrogens (tertiary/aromatic N) is 2. The molecule has 2 atom stereocenters. The van der Waals surface area contributed by atoms with Gasteiger partial charge in [-0.2, -0.15) is 0 Å². The Morgan fingerprint density at radius 2 is 1.94 bits per heavy atom. The number of pyridine rings is 1. The van der Waals surface area contributed by atoms with Gasteiger partial charge in [0.25, 0.3) is 0 Å². The van der Waals surface area contributed by atoms with Crippen molar-refractivity contribution in [1.29, 1.82) is 0 Å². The Morgan fingerprint density at radius 3 is 2.76 bits per heavy atom. The molecule has 0 amide bonds. The number of rotatable bonds is 1. The summed E-state index contributed by atoms with van der Waals surface area (Å²) < 4.78 is 1.07. The molecular formula is C14H19BrN2. The largest absolute Gasteiger partial charge is 0.353 e. The molecular weight excluding hydrogens is 276 g/mol. The summed E-state index contributed by atoms with van der Waals surface area (Å²) >= 11 is 3.46. The Bertz CT molecular complexity index is 374. The molecule has 1 saturated heterocycles. The van der Waals surface area contributed by atoms with Crippen LogP contribution in [0.3, 0.4) is 0 Å². The van der Waals surface area contributed by atoms with Crippen molar-refractivity contribution in [2.45, 2.75) is 44.6 Å². The fraction of sp³-hybridized carbons (Fsp3) is 0.643. The van der Waals surface area contributed by atoms with Gasteiger partial charge in [0.2, 0.25) is 0 Å². The first-order valence-electron chi connectivity index (χ1n) is 6.73. The van der Waals surface area contributed by atoms with Gasteiger partial charge in [-0.3, -0.25) is 0 Å². The monoisotopic (exact) mass is 294 g/mol. The molecule has 2 aliphatic rings. The SMILES string of the molecule is Brc1ccc(N2CCCC3CCCCC32)nc1. The normalized spacial score (nSPS) is 28.9. The number of anilines is 1. The van der Waals surface area contributed by atoms with E-state index in [0.717, 1.165) is 16.4 Å². The number of piperidine rings is 1. The van der Waals surface area contributed by atoms with E-state index in [1.807, 2.05) is 6.20 Å². The molecule has 1 aliphatic heterocycles. The number of hydrogen-bond acceptors (Lipinski definition) is 2. The molecule has 2 heterocycles. The minimum Gasteiger partial charge on any atom is -0.353 e. The van der Waals surface area contributed by atoms with Gasteiger partial charge in [-0.05, 0) is 59.7 Å². The van der Waals surface area contributed by atoms with Crippen molar-refractivity contribution in [3.8, 4) is 0 Å². The standard InChI is InChI=1S/C14H19BrN2/c15-12-7-8-14(16-10-12)17-9-3-5-11-4-1-2-6-13(11)17/h7-8,10-11,13H,1-6,9H2.